The first-order valence-electron chi connectivity index (χ1n) is 6.08. The second-order valence-corrected chi connectivity index (χ2v) is 4.51. The van der Waals surface area contributed by atoms with E-state index in [1.165, 1.54) is 12.1 Å². The molecule has 2 rings (SSSR count). The number of likely N-dealkylation sites (tertiary alicyclic amines) is 1. The molecule has 0 spiro atoms. The van der Waals surface area contributed by atoms with Gasteiger partial charge in [-0.05, 0) is 31.0 Å². The predicted molar refractivity (Wildman–Crippen MR) is 69.1 cm³/mol. The molecule has 1 fully saturated rings. The second-order valence-electron chi connectivity index (χ2n) is 4.51. The van der Waals surface area contributed by atoms with E-state index in [9.17, 15) is 9.59 Å². The van der Waals surface area contributed by atoms with Crippen molar-refractivity contribution < 1.29 is 19.4 Å². The molecule has 1 saturated heterocycles. The third kappa shape index (κ3) is 2.96. The van der Waals surface area contributed by atoms with Gasteiger partial charge in [0.25, 0.3) is 0 Å². The first-order valence-corrected chi connectivity index (χ1v) is 6.08. The monoisotopic (exact) mass is 264 g/mol. The molecule has 0 saturated carbocycles. The van der Waals surface area contributed by atoms with Crippen molar-refractivity contribution in [1.29, 1.82) is 0 Å². The Kier molecular flexibility index (Phi) is 3.89. The number of carboxylic acid groups (broad SMARTS) is 1. The molecular formula is C13H16N2O4. The fraction of sp³-hybridized carbons (Fsp3) is 0.385. The lowest BCUT2D eigenvalue weighted by atomic mass is 10.2. The molecular weight excluding hydrogens is 248 g/mol. The lowest BCUT2D eigenvalue weighted by molar-refractivity contribution is -0.119. The van der Waals surface area contributed by atoms with E-state index >= 15 is 0 Å². The van der Waals surface area contributed by atoms with Gasteiger partial charge in [0, 0.05) is 6.54 Å². The molecule has 1 amide bonds. The highest BCUT2D eigenvalue weighted by molar-refractivity contribution is 5.89. The molecule has 1 heterocycles. The lowest BCUT2D eigenvalue weighted by Crippen LogP contribution is -2.33. The lowest BCUT2D eigenvalue weighted by Gasteiger charge is -2.20. The fourth-order valence-corrected chi connectivity index (χ4v) is 2.17. The van der Waals surface area contributed by atoms with Crippen LogP contribution in [0.2, 0.25) is 0 Å². The van der Waals surface area contributed by atoms with Gasteiger partial charge in [0.05, 0.1) is 17.3 Å². The van der Waals surface area contributed by atoms with Gasteiger partial charge in [-0.3, -0.25) is 4.79 Å². The number of aromatic carboxylic acids is 1. The van der Waals surface area contributed by atoms with Crippen LogP contribution in [0.15, 0.2) is 18.2 Å². The smallest absolute Gasteiger partial charge is 0.335 e. The van der Waals surface area contributed by atoms with E-state index in [1.807, 2.05) is 0 Å². The molecule has 1 aliphatic heterocycles. The molecule has 0 aliphatic carbocycles. The number of nitrogen functional groups attached to an aromatic ring is 1. The number of hydrogen-bond donors (Lipinski definition) is 2. The van der Waals surface area contributed by atoms with Crippen molar-refractivity contribution in [2.75, 3.05) is 18.9 Å². The van der Waals surface area contributed by atoms with E-state index < -0.39 is 5.97 Å². The van der Waals surface area contributed by atoms with E-state index in [4.69, 9.17) is 15.6 Å². The summed E-state index contributed by atoms with van der Waals surface area (Å²) >= 11 is 0. The van der Waals surface area contributed by atoms with Crippen LogP contribution >= 0.6 is 0 Å². The van der Waals surface area contributed by atoms with Gasteiger partial charge in [-0.25, -0.2) is 4.79 Å². The average molecular weight is 264 g/mol. The average Bonchev–Trinajstić information content (AvgIpc) is 2.84. The van der Waals surface area contributed by atoms with E-state index in [0.29, 0.717) is 12.4 Å². The van der Waals surface area contributed by atoms with Crippen molar-refractivity contribution in [3.05, 3.63) is 23.8 Å². The Morgan fingerprint density at radius 3 is 3.00 bits per heavy atom. The summed E-state index contributed by atoms with van der Waals surface area (Å²) < 4.78 is 5.57. The highest BCUT2D eigenvalue weighted by atomic mass is 16.5. The Morgan fingerprint density at radius 1 is 1.58 bits per heavy atom. The van der Waals surface area contributed by atoms with Crippen LogP contribution in [0.25, 0.3) is 0 Å². The van der Waals surface area contributed by atoms with Gasteiger partial charge in [0.2, 0.25) is 6.41 Å². The SMILES string of the molecule is Nc1cc(C(=O)O)ccc1OCC1CCCN1C=O. The van der Waals surface area contributed by atoms with Gasteiger partial charge in [-0.15, -0.1) is 0 Å². The van der Waals surface area contributed by atoms with E-state index in [0.717, 1.165) is 25.8 Å². The number of carbonyl (C=O) groups is 2. The van der Waals surface area contributed by atoms with Crippen molar-refractivity contribution >= 4 is 18.1 Å². The van der Waals surface area contributed by atoms with Crippen LogP contribution in [0.1, 0.15) is 23.2 Å². The number of rotatable bonds is 5. The molecule has 1 aromatic rings. The molecule has 1 aromatic carbocycles. The van der Waals surface area contributed by atoms with Gasteiger partial charge in [0.15, 0.2) is 0 Å². The van der Waals surface area contributed by atoms with Crippen LogP contribution in [0.3, 0.4) is 0 Å². The normalized spacial score (nSPS) is 18.3. The summed E-state index contributed by atoms with van der Waals surface area (Å²) in [5.41, 5.74) is 6.15. The van der Waals surface area contributed by atoms with Gasteiger partial charge < -0.3 is 20.5 Å². The molecule has 3 N–H and O–H groups in total. The van der Waals surface area contributed by atoms with Crippen molar-refractivity contribution in [3.63, 3.8) is 0 Å². The van der Waals surface area contributed by atoms with Crippen molar-refractivity contribution in [2.24, 2.45) is 0 Å². The van der Waals surface area contributed by atoms with Crippen molar-refractivity contribution in [1.82, 2.24) is 4.90 Å². The Balaban J connectivity index is 2.00. The standard InChI is InChI=1S/C13H16N2O4/c14-11-6-9(13(17)18)3-4-12(11)19-7-10-2-1-5-15(10)8-16/h3-4,6,8,10H,1-2,5,7,14H2,(H,17,18). The first kappa shape index (κ1) is 13.2. The maximum atomic E-state index is 10.8. The third-order valence-electron chi connectivity index (χ3n) is 3.25. The number of nitrogens with zero attached hydrogens (tertiary/aromatic N) is 1. The summed E-state index contributed by atoms with van der Waals surface area (Å²) in [6, 6.07) is 4.42. The summed E-state index contributed by atoms with van der Waals surface area (Å²) in [6.45, 7) is 1.13. The number of carboxylic acids is 1. The van der Waals surface area contributed by atoms with Crippen LogP contribution in [-0.4, -0.2) is 41.6 Å². The number of nitrogens with two attached hydrogens (primary N) is 1. The zero-order valence-electron chi connectivity index (χ0n) is 10.4. The maximum absolute atomic E-state index is 10.8. The first-order chi connectivity index (χ1) is 9.11. The second kappa shape index (κ2) is 5.60. The molecule has 1 atom stereocenters. The Bertz CT molecular complexity index is 490. The summed E-state index contributed by atoms with van der Waals surface area (Å²) in [4.78, 5) is 23.3. The predicted octanol–water partition coefficient (Wildman–Crippen LogP) is 0.967. The Morgan fingerprint density at radius 2 is 2.37 bits per heavy atom. The van der Waals surface area contributed by atoms with Gasteiger partial charge in [-0.1, -0.05) is 0 Å². The summed E-state index contributed by atoms with van der Waals surface area (Å²) in [5.74, 6) is -0.580. The number of anilines is 1. The minimum absolute atomic E-state index is 0.0658. The molecule has 19 heavy (non-hydrogen) atoms. The highest BCUT2D eigenvalue weighted by Crippen LogP contribution is 2.24. The van der Waals surface area contributed by atoms with Crippen molar-refractivity contribution in [3.8, 4) is 5.75 Å². The van der Waals surface area contributed by atoms with E-state index in [2.05, 4.69) is 0 Å². The molecule has 0 radical (unpaired) electrons. The maximum Gasteiger partial charge on any atom is 0.335 e. The zero-order chi connectivity index (χ0) is 13.8. The van der Waals surface area contributed by atoms with Crippen LogP contribution in [0.4, 0.5) is 5.69 Å². The van der Waals surface area contributed by atoms with Gasteiger partial charge in [-0.2, -0.15) is 0 Å². The molecule has 1 unspecified atom stereocenters. The topological polar surface area (TPSA) is 92.9 Å². The summed E-state index contributed by atoms with van der Waals surface area (Å²) in [7, 11) is 0. The summed E-state index contributed by atoms with van der Waals surface area (Å²) in [6.07, 6.45) is 2.71. The van der Waals surface area contributed by atoms with E-state index in [1.54, 1.807) is 11.0 Å². The minimum atomic E-state index is -1.03. The van der Waals surface area contributed by atoms with Gasteiger partial charge >= 0.3 is 5.97 Å². The molecule has 1 aliphatic rings. The Hall–Kier alpha value is -2.24. The highest BCUT2D eigenvalue weighted by Gasteiger charge is 2.23. The number of hydrogen-bond acceptors (Lipinski definition) is 4. The number of carbonyl (C=O) groups excluding carboxylic acids is 1. The van der Waals surface area contributed by atoms with Crippen LogP contribution in [0.5, 0.6) is 5.75 Å². The fourth-order valence-electron chi connectivity index (χ4n) is 2.17. The van der Waals surface area contributed by atoms with Crippen LogP contribution in [-0.2, 0) is 4.79 Å². The summed E-state index contributed by atoms with van der Waals surface area (Å²) in [5, 5.41) is 8.83. The van der Waals surface area contributed by atoms with Crippen molar-refractivity contribution in [2.45, 2.75) is 18.9 Å². The third-order valence-corrected chi connectivity index (χ3v) is 3.25. The minimum Gasteiger partial charge on any atom is -0.489 e. The van der Waals surface area contributed by atoms with Crippen LogP contribution < -0.4 is 10.5 Å². The Labute approximate surface area is 110 Å². The van der Waals surface area contributed by atoms with Gasteiger partial charge in [0.1, 0.15) is 12.4 Å². The molecule has 0 bridgehead atoms. The van der Waals surface area contributed by atoms with Crippen LogP contribution in [0, 0.1) is 0 Å². The van der Waals surface area contributed by atoms with E-state index in [-0.39, 0.29) is 17.3 Å². The molecule has 6 nitrogen and oxygen atoms in total. The number of amides is 1. The number of ether oxygens (including phenoxy) is 1. The molecule has 0 aromatic heterocycles. The molecule has 6 heteroatoms. The number of benzene rings is 1. The molecule has 102 valence electrons. The quantitative estimate of drug-likeness (QED) is 0.610. The largest absolute Gasteiger partial charge is 0.489 e. The zero-order valence-corrected chi connectivity index (χ0v) is 10.4.